The van der Waals surface area contributed by atoms with Gasteiger partial charge in [0.05, 0.1) is 17.7 Å². The molecule has 2 aromatic rings. The molecule has 0 aliphatic rings. The van der Waals surface area contributed by atoms with Gasteiger partial charge in [-0.3, -0.25) is 9.48 Å². The number of aryl methyl sites for hydroxylation is 3. The molecule has 0 atom stereocenters. The first-order valence-electron chi connectivity index (χ1n) is 6.77. The maximum Gasteiger partial charge on any atom is 0.250 e. The number of hydrogen-bond acceptors (Lipinski definition) is 4. The molecule has 0 aromatic carbocycles. The highest BCUT2D eigenvalue weighted by Crippen LogP contribution is 2.07. The number of sulfone groups is 1. The van der Waals surface area contributed by atoms with E-state index in [1.807, 2.05) is 13.1 Å². The number of rotatable bonds is 6. The summed E-state index contributed by atoms with van der Waals surface area (Å²) in [7, 11) is -1.61. The first-order chi connectivity index (χ1) is 9.89. The average molecular weight is 309 g/mol. The fourth-order valence-electron chi connectivity index (χ4n) is 1.99. The fourth-order valence-corrected chi connectivity index (χ4v) is 3.37. The summed E-state index contributed by atoms with van der Waals surface area (Å²) in [4.78, 5) is 11.5. The van der Waals surface area contributed by atoms with Gasteiger partial charge in [0.1, 0.15) is 0 Å². The van der Waals surface area contributed by atoms with Crippen LogP contribution in [0.3, 0.4) is 0 Å². The van der Waals surface area contributed by atoms with Crippen LogP contribution in [0.25, 0.3) is 0 Å². The number of hydrogen-bond donors (Lipinski definition) is 0. The van der Waals surface area contributed by atoms with Crippen LogP contribution >= 0.6 is 0 Å². The molecule has 0 saturated carbocycles. The fraction of sp³-hybridized carbons (Fsp3) is 0.429. The highest BCUT2D eigenvalue weighted by atomic mass is 32.2. The molecule has 6 nitrogen and oxygen atoms in total. The van der Waals surface area contributed by atoms with Gasteiger partial charge in [-0.2, -0.15) is 5.10 Å². The number of pyridine rings is 1. The molecule has 0 fully saturated rings. The Balaban J connectivity index is 2.01. The van der Waals surface area contributed by atoms with Crippen molar-refractivity contribution in [1.29, 1.82) is 0 Å². The van der Waals surface area contributed by atoms with E-state index in [2.05, 4.69) is 5.10 Å². The summed E-state index contributed by atoms with van der Waals surface area (Å²) in [5.74, 6) is -0.0530. The van der Waals surface area contributed by atoms with Crippen LogP contribution in [-0.4, -0.2) is 28.5 Å². The highest BCUT2D eigenvalue weighted by molar-refractivity contribution is 7.90. The summed E-state index contributed by atoms with van der Waals surface area (Å²) in [5.41, 5.74) is 1.23. The average Bonchev–Trinajstić information content (AvgIpc) is 2.89. The van der Waals surface area contributed by atoms with E-state index >= 15 is 0 Å². The van der Waals surface area contributed by atoms with E-state index in [0.717, 1.165) is 12.1 Å². The Kier molecular flexibility index (Phi) is 4.62. The first kappa shape index (κ1) is 15.5. The zero-order chi connectivity index (χ0) is 15.5. The summed E-state index contributed by atoms with van der Waals surface area (Å²) < 4.78 is 27.4. The molecule has 0 unspecified atom stereocenters. The van der Waals surface area contributed by atoms with Gasteiger partial charge in [0.15, 0.2) is 9.84 Å². The van der Waals surface area contributed by atoms with Gasteiger partial charge in [-0.1, -0.05) is 0 Å². The van der Waals surface area contributed by atoms with E-state index in [9.17, 15) is 13.2 Å². The van der Waals surface area contributed by atoms with Gasteiger partial charge in [0.2, 0.25) is 0 Å². The summed E-state index contributed by atoms with van der Waals surface area (Å²) in [6, 6.07) is 3.03. The lowest BCUT2D eigenvalue weighted by Crippen LogP contribution is -2.17. The molecule has 21 heavy (non-hydrogen) atoms. The number of aromatic nitrogens is 3. The van der Waals surface area contributed by atoms with Crippen LogP contribution in [0.5, 0.6) is 0 Å². The molecule has 7 heteroatoms. The van der Waals surface area contributed by atoms with Crippen LogP contribution in [0, 0.1) is 0 Å². The lowest BCUT2D eigenvalue weighted by Gasteiger charge is -2.04. The minimum absolute atomic E-state index is 0.0532. The Labute approximate surface area is 124 Å². The van der Waals surface area contributed by atoms with E-state index in [4.69, 9.17) is 0 Å². The van der Waals surface area contributed by atoms with Gasteiger partial charge in [-0.25, -0.2) is 8.42 Å². The van der Waals surface area contributed by atoms with E-state index in [1.54, 1.807) is 30.2 Å². The zero-order valence-corrected chi connectivity index (χ0v) is 13.0. The van der Waals surface area contributed by atoms with Gasteiger partial charge in [0.25, 0.3) is 5.56 Å². The molecule has 2 heterocycles. The summed E-state index contributed by atoms with van der Waals surface area (Å²) >= 11 is 0. The van der Waals surface area contributed by atoms with E-state index in [0.29, 0.717) is 12.0 Å². The molecule has 0 bridgehead atoms. The molecule has 0 spiro atoms. The molecule has 0 amide bonds. The summed E-state index contributed by atoms with van der Waals surface area (Å²) in [6.45, 7) is 2.74. The Morgan fingerprint density at radius 2 is 2.05 bits per heavy atom. The van der Waals surface area contributed by atoms with Crippen molar-refractivity contribution in [3.05, 3.63) is 52.2 Å². The normalized spacial score (nSPS) is 11.7. The van der Waals surface area contributed by atoms with Gasteiger partial charge in [0, 0.05) is 32.1 Å². The monoisotopic (exact) mass is 309 g/mol. The van der Waals surface area contributed by atoms with Crippen molar-refractivity contribution in [1.82, 2.24) is 14.3 Å². The molecular weight excluding hydrogens is 290 g/mol. The molecule has 2 rings (SSSR count). The van der Waals surface area contributed by atoms with E-state index in [1.165, 1.54) is 10.6 Å². The van der Waals surface area contributed by atoms with Crippen LogP contribution in [-0.2, 0) is 35.6 Å². The predicted molar refractivity (Wildman–Crippen MR) is 80.8 cm³/mol. The Morgan fingerprint density at radius 3 is 2.67 bits per heavy atom. The Hall–Kier alpha value is -1.89. The van der Waals surface area contributed by atoms with Gasteiger partial charge in [-0.15, -0.1) is 0 Å². The van der Waals surface area contributed by atoms with Crippen LogP contribution in [0.2, 0.25) is 0 Å². The van der Waals surface area contributed by atoms with Crippen LogP contribution in [0.4, 0.5) is 0 Å². The van der Waals surface area contributed by atoms with Gasteiger partial charge < -0.3 is 4.57 Å². The van der Waals surface area contributed by atoms with E-state index < -0.39 is 9.84 Å². The molecule has 0 saturated heterocycles. The second-order valence-electron chi connectivity index (χ2n) is 5.03. The highest BCUT2D eigenvalue weighted by Gasteiger charge is 2.13. The molecule has 0 aliphatic carbocycles. The molecular formula is C14H19N3O3S. The lowest BCUT2D eigenvalue weighted by molar-refractivity contribution is 0.594. The number of nitrogens with zero attached hydrogens (tertiary/aromatic N) is 3. The van der Waals surface area contributed by atoms with Crippen molar-refractivity contribution in [2.45, 2.75) is 25.6 Å². The third-order valence-electron chi connectivity index (χ3n) is 3.27. The third-order valence-corrected chi connectivity index (χ3v) is 4.87. The Bertz CT molecular complexity index is 775. The summed E-state index contributed by atoms with van der Waals surface area (Å²) in [5, 5.41) is 4.12. The SMILES string of the molecule is CCn1cc(CCS(=O)(=O)Cc2ccn(C)c(=O)c2)cn1. The largest absolute Gasteiger partial charge is 0.319 e. The zero-order valence-electron chi connectivity index (χ0n) is 12.2. The topological polar surface area (TPSA) is 74.0 Å². The third kappa shape index (κ3) is 4.29. The Morgan fingerprint density at radius 1 is 1.29 bits per heavy atom. The predicted octanol–water partition coefficient (Wildman–Crippen LogP) is 0.759. The van der Waals surface area contributed by atoms with Gasteiger partial charge >= 0.3 is 0 Å². The maximum absolute atomic E-state index is 12.1. The smallest absolute Gasteiger partial charge is 0.250 e. The molecule has 2 aromatic heterocycles. The molecule has 0 aliphatic heterocycles. The quantitative estimate of drug-likeness (QED) is 0.789. The molecule has 0 radical (unpaired) electrons. The standard InChI is InChI=1S/C14H19N3O3S/c1-3-17-10-13(9-15-17)5-7-21(19,20)11-12-4-6-16(2)14(18)8-12/h4,6,8-10H,3,5,7,11H2,1-2H3. The first-order valence-corrected chi connectivity index (χ1v) is 8.59. The van der Waals surface area contributed by atoms with Crippen LogP contribution in [0.1, 0.15) is 18.1 Å². The van der Waals surface area contributed by atoms with Crippen molar-refractivity contribution < 1.29 is 8.42 Å². The minimum Gasteiger partial charge on any atom is -0.319 e. The van der Waals surface area contributed by atoms with Crippen molar-refractivity contribution in [3.8, 4) is 0 Å². The van der Waals surface area contributed by atoms with Gasteiger partial charge in [-0.05, 0) is 30.5 Å². The summed E-state index contributed by atoms with van der Waals surface area (Å²) in [6.07, 6.45) is 5.57. The molecule has 0 N–H and O–H groups in total. The van der Waals surface area contributed by atoms with Crippen molar-refractivity contribution >= 4 is 9.84 Å². The van der Waals surface area contributed by atoms with Crippen LogP contribution in [0.15, 0.2) is 35.5 Å². The lowest BCUT2D eigenvalue weighted by atomic mass is 10.3. The second-order valence-corrected chi connectivity index (χ2v) is 7.21. The van der Waals surface area contributed by atoms with E-state index in [-0.39, 0.29) is 17.1 Å². The van der Waals surface area contributed by atoms with Crippen molar-refractivity contribution in [2.75, 3.05) is 5.75 Å². The van der Waals surface area contributed by atoms with Crippen molar-refractivity contribution in [3.63, 3.8) is 0 Å². The minimum atomic E-state index is -3.25. The van der Waals surface area contributed by atoms with Crippen LogP contribution < -0.4 is 5.56 Å². The maximum atomic E-state index is 12.1. The second kappa shape index (κ2) is 6.26. The van der Waals surface area contributed by atoms with Crippen molar-refractivity contribution in [2.24, 2.45) is 7.05 Å². The molecule has 114 valence electrons.